The third-order valence-electron chi connectivity index (χ3n) is 11.1. The van der Waals surface area contributed by atoms with Gasteiger partial charge in [-0.3, -0.25) is 9.35 Å². The average molecular weight is 537 g/mol. The topological polar surface area (TPSA) is 89.9 Å². The molecule has 5 unspecified atom stereocenters. The molecule has 1 N–H and O–H groups in total. The van der Waals surface area contributed by atoms with Crippen LogP contribution < -0.4 is 0 Å². The number of esters is 1. The Bertz CT molecular complexity index is 1030. The summed E-state index contributed by atoms with van der Waals surface area (Å²) in [5.41, 5.74) is 2.63. The van der Waals surface area contributed by atoms with Gasteiger partial charge in [-0.25, -0.2) is 4.18 Å². The molecule has 0 aromatic carbocycles. The first-order valence-electron chi connectivity index (χ1n) is 14.4. The second-order valence-corrected chi connectivity index (χ2v) is 14.5. The third-order valence-corrected chi connectivity index (χ3v) is 11.6. The molecule has 4 aliphatic carbocycles. The molecule has 3 fully saturated rings. The Morgan fingerprint density at radius 1 is 1.14 bits per heavy atom. The minimum absolute atomic E-state index is 0.0690. The van der Waals surface area contributed by atoms with Crippen LogP contribution in [0.4, 0.5) is 0 Å². The Kier molecular flexibility index (Phi) is 8.12. The van der Waals surface area contributed by atoms with Crippen LogP contribution >= 0.6 is 0 Å². The monoisotopic (exact) mass is 536 g/mol. The normalized spacial score (nSPS) is 40.3. The summed E-state index contributed by atoms with van der Waals surface area (Å²) < 4.78 is 43.0. The highest BCUT2D eigenvalue weighted by Gasteiger charge is 2.62. The van der Waals surface area contributed by atoms with E-state index >= 15 is 0 Å². The molecule has 9 atom stereocenters. The highest BCUT2D eigenvalue weighted by Crippen LogP contribution is 2.67. The maximum absolute atomic E-state index is 12.2. The predicted octanol–water partition coefficient (Wildman–Crippen LogP) is 6.92. The third kappa shape index (κ3) is 5.60. The molecule has 7 heteroatoms. The molecule has 0 aliphatic heterocycles. The Balaban J connectivity index is 1.60. The van der Waals surface area contributed by atoms with E-state index in [4.69, 9.17) is 8.92 Å². The minimum Gasteiger partial charge on any atom is -0.458 e. The van der Waals surface area contributed by atoms with E-state index in [0.717, 1.165) is 24.8 Å². The number of rotatable bonds is 8. The zero-order valence-electron chi connectivity index (χ0n) is 23.7. The van der Waals surface area contributed by atoms with Crippen molar-refractivity contribution in [2.75, 3.05) is 0 Å². The molecule has 4 aliphatic rings. The van der Waals surface area contributed by atoms with Crippen LogP contribution in [0.15, 0.2) is 23.8 Å². The minimum atomic E-state index is -4.50. The van der Waals surface area contributed by atoms with Gasteiger partial charge in [0.05, 0.1) is 6.10 Å². The van der Waals surface area contributed by atoms with E-state index in [1.165, 1.54) is 38.2 Å². The van der Waals surface area contributed by atoms with E-state index in [2.05, 4.69) is 47.3 Å². The molecule has 0 heterocycles. The van der Waals surface area contributed by atoms with Gasteiger partial charge in [-0.05, 0) is 104 Å². The quantitative estimate of drug-likeness (QED) is 0.206. The van der Waals surface area contributed by atoms with Crippen LogP contribution in [0.2, 0.25) is 0 Å². The van der Waals surface area contributed by atoms with Crippen molar-refractivity contribution in [2.24, 2.45) is 46.3 Å². The van der Waals surface area contributed by atoms with E-state index in [-0.39, 0.29) is 28.8 Å². The number of fused-ring (bicyclic) bond motifs is 5. The summed E-state index contributed by atoms with van der Waals surface area (Å²) >= 11 is 0. The predicted molar refractivity (Wildman–Crippen MR) is 145 cm³/mol. The second kappa shape index (κ2) is 10.4. The molecular formula is C30H48O6S. The molecular weight excluding hydrogens is 488 g/mol. The van der Waals surface area contributed by atoms with Gasteiger partial charge in [0.25, 0.3) is 0 Å². The summed E-state index contributed by atoms with van der Waals surface area (Å²) in [4.78, 5) is 12.2. The van der Waals surface area contributed by atoms with Gasteiger partial charge in [-0.1, -0.05) is 52.3 Å². The molecule has 0 aromatic rings. The van der Waals surface area contributed by atoms with E-state index < -0.39 is 16.5 Å². The van der Waals surface area contributed by atoms with Crippen LogP contribution in [0.1, 0.15) is 99.3 Å². The lowest BCUT2D eigenvalue weighted by Crippen LogP contribution is -2.55. The SMILES string of the molecule is C=C(CCC(C)C1CCC2C3C(CC[C@]12C)[C@@]1(C)CC[C@H](OS(=O)(=O)O)CC1=C[C@@H]3OC(C)=O)C(C)C. The van der Waals surface area contributed by atoms with Gasteiger partial charge >= 0.3 is 16.4 Å². The van der Waals surface area contributed by atoms with Crippen molar-refractivity contribution >= 4 is 16.4 Å². The Morgan fingerprint density at radius 3 is 2.46 bits per heavy atom. The first kappa shape index (κ1) is 28.8. The molecule has 0 aromatic heterocycles. The first-order valence-corrected chi connectivity index (χ1v) is 15.7. The highest BCUT2D eigenvalue weighted by molar-refractivity contribution is 7.80. The van der Waals surface area contributed by atoms with Crippen LogP contribution in [0.5, 0.6) is 0 Å². The van der Waals surface area contributed by atoms with E-state index in [9.17, 15) is 17.8 Å². The van der Waals surface area contributed by atoms with Crippen LogP contribution in [-0.4, -0.2) is 31.1 Å². The van der Waals surface area contributed by atoms with Crippen molar-refractivity contribution in [1.82, 2.24) is 0 Å². The number of carbonyl (C=O) groups excluding carboxylic acids is 1. The van der Waals surface area contributed by atoms with E-state index in [1.54, 1.807) is 0 Å². The maximum atomic E-state index is 12.2. The van der Waals surface area contributed by atoms with Gasteiger partial charge < -0.3 is 4.74 Å². The lowest BCUT2D eigenvalue weighted by molar-refractivity contribution is -0.158. The van der Waals surface area contributed by atoms with Crippen LogP contribution in [0.3, 0.4) is 0 Å². The summed E-state index contributed by atoms with van der Waals surface area (Å²) in [5, 5.41) is 0. The van der Waals surface area contributed by atoms with Gasteiger partial charge in [0.2, 0.25) is 0 Å². The van der Waals surface area contributed by atoms with Crippen LogP contribution in [0, 0.1) is 46.3 Å². The van der Waals surface area contributed by atoms with Crippen LogP contribution in [-0.2, 0) is 24.1 Å². The van der Waals surface area contributed by atoms with Gasteiger partial charge in [0, 0.05) is 12.8 Å². The Labute approximate surface area is 224 Å². The molecule has 0 spiro atoms. The maximum Gasteiger partial charge on any atom is 0.397 e. The highest BCUT2D eigenvalue weighted by atomic mass is 32.3. The number of allylic oxidation sites excluding steroid dienone is 1. The molecule has 4 rings (SSSR count). The molecule has 0 bridgehead atoms. The molecule has 6 nitrogen and oxygen atoms in total. The summed E-state index contributed by atoms with van der Waals surface area (Å²) in [5.74, 6) is 2.71. The van der Waals surface area contributed by atoms with Gasteiger partial charge in [-0.2, -0.15) is 8.42 Å². The summed E-state index contributed by atoms with van der Waals surface area (Å²) in [6, 6.07) is 0. The zero-order valence-corrected chi connectivity index (χ0v) is 24.5. The van der Waals surface area contributed by atoms with Gasteiger partial charge in [0.1, 0.15) is 6.10 Å². The molecule has 210 valence electrons. The summed E-state index contributed by atoms with van der Waals surface area (Å²) in [6.07, 6.45) is 10.0. The van der Waals surface area contributed by atoms with Gasteiger partial charge in [-0.15, -0.1) is 0 Å². The second-order valence-electron chi connectivity index (χ2n) is 13.4. The van der Waals surface area contributed by atoms with E-state index in [0.29, 0.717) is 42.4 Å². The van der Waals surface area contributed by atoms with Crippen LogP contribution in [0.25, 0.3) is 0 Å². The summed E-state index contributed by atoms with van der Waals surface area (Å²) in [7, 11) is -4.50. The number of hydrogen-bond donors (Lipinski definition) is 1. The number of carbonyl (C=O) groups is 1. The number of hydrogen-bond acceptors (Lipinski definition) is 5. The molecule has 0 amide bonds. The molecule has 0 radical (unpaired) electrons. The van der Waals surface area contributed by atoms with Crippen molar-refractivity contribution in [3.05, 3.63) is 23.8 Å². The fraction of sp³-hybridized carbons (Fsp3) is 0.833. The van der Waals surface area contributed by atoms with Crippen molar-refractivity contribution in [3.63, 3.8) is 0 Å². The van der Waals surface area contributed by atoms with Gasteiger partial charge in [0.15, 0.2) is 0 Å². The standard InChI is InChI=1S/C30H48O6S/c1-18(2)19(3)8-9-20(4)24-10-11-25-28-26(13-15-30(24,25)7)29(6)14-12-23(36-37(32,33)34)16-22(29)17-27(28)35-21(5)31/h17-18,20,23-28H,3,8-16H2,1-2,4-7H3,(H,32,33,34)/t20?,23-,24?,25?,26?,27-,28?,29-,30+/m0/s1. The first-order chi connectivity index (χ1) is 17.2. The fourth-order valence-corrected chi connectivity index (χ4v) is 9.53. The average Bonchev–Trinajstić information content (AvgIpc) is 3.13. The summed E-state index contributed by atoms with van der Waals surface area (Å²) in [6.45, 7) is 17.5. The molecule has 0 saturated heterocycles. The molecule has 37 heavy (non-hydrogen) atoms. The Hall–Kier alpha value is -1.18. The van der Waals surface area contributed by atoms with E-state index in [1.807, 2.05) is 0 Å². The zero-order chi connectivity index (χ0) is 27.3. The fourth-order valence-electron chi connectivity index (χ4n) is 9.03. The van der Waals surface area contributed by atoms with Crippen molar-refractivity contribution in [3.8, 4) is 0 Å². The smallest absolute Gasteiger partial charge is 0.397 e. The molecule has 3 saturated carbocycles. The lowest BCUT2D eigenvalue weighted by atomic mass is 9.46. The lowest BCUT2D eigenvalue weighted by Gasteiger charge is -2.59. The van der Waals surface area contributed by atoms with Crippen molar-refractivity contribution in [2.45, 2.75) is 112 Å². The Morgan fingerprint density at radius 2 is 1.84 bits per heavy atom. The van der Waals surface area contributed by atoms with Crippen molar-refractivity contribution in [1.29, 1.82) is 0 Å². The van der Waals surface area contributed by atoms with Crippen molar-refractivity contribution < 1.29 is 26.7 Å². The largest absolute Gasteiger partial charge is 0.458 e. The number of ether oxygens (including phenoxy) is 1.